The van der Waals surface area contributed by atoms with Crippen LogP contribution >= 0.6 is 0 Å². The van der Waals surface area contributed by atoms with Crippen molar-refractivity contribution in [2.24, 2.45) is 0 Å². The number of carbonyl (C=O) groups is 3. The number of nitrogens with one attached hydrogen (secondary N) is 2. The van der Waals surface area contributed by atoms with Gasteiger partial charge < -0.3 is 15.5 Å². The van der Waals surface area contributed by atoms with E-state index in [0.29, 0.717) is 13.1 Å². The van der Waals surface area contributed by atoms with Crippen LogP contribution in [0.1, 0.15) is 123 Å². The van der Waals surface area contributed by atoms with Crippen LogP contribution in [0.3, 0.4) is 0 Å². The van der Waals surface area contributed by atoms with E-state index in [1.165, 1.54) is 51.4 Å². The molecule has 0 rings (SSSR count). The maximum atomic E-state index is 12.8. The third kappa shape index (κ3) is 20.3. The SMILES string of the molecule is CCCCCCCCN(CCCCCCCC)C(=O)CC(=O)NCCCCCCNC=O. The molecule has 0 aromatic heterocycles. The Morgan fingerprint density at radius 3 is 1.66 bits per heavy atom. The fourth-order valence-corrected chi connectivity index (χ4v) is 3.83. The Hall–Kier alpha value is -1.59. The molecule has 188 valence electrons. The number of hydrogen-bond acceptors (Lipinski definition) is 3. The van der Waals surface area contributed by atoms with Crippen LogP contribution in [0.5, 0.6) is 0 Å². The summed E-state index contributed by atoms with van der Waals surface area (Å²) in [6, 6.07) is 0. The van der Waals surface area contributed by atoms with E-state index in [4.69, 9.17) is 0 Å². The number of nitrogens with zero attached hydrogens (tertiary/aromatic N) is 1. The molecule has 0 saturated carbocycles. The average molecular weight is 454 g/mol. The van der Waals surface area contributed by atoms with E-state index in [-0.39, 0.29) is 18.2 Å². The van der Waals surface area contributed by atoms with Gasteiger partial charge in [-0.2, -0.15) is 0 Å². The lowest BCUT2D eigenvalue weighted by Crippen LogP contribution is -2.37. The van der Waals surface area contributed by atoms with Gasteiger partial charge in [-0.15, -0.1) is 0 Å². The number of hydrogen-bond donors (Lipinski definition) is 2. The molecule has 3 amide bonds. The summed E-state index contributed by atoms with van der Waals surface area (Å²) in [6.45, 7) is 7.32. The number of amides is 3. The molecule has 0 unspecified atom stereocenters. The van der Waals surface area contributed by atoms with Crippen molar-refractivity contribution in [3.63, 3.8) is 0 Å². The van der Waals surface area contributed by atoms with Gasteiger partial charge in [0.1, 0.15) is 6.42 Å². The third-order valence-corrected chi connectivity index (χ3v) is 5.88. The fraction of sp³-hybridized carbons (Fsp3) is 0.885. The van der Waals surface area contributed by atoms with Gasteiger partial charge in [-0.1, -0.05) is 90.9 Å². The van der Waals surface area contributed by atoms with Crippen molar-refractivity contribution in [3.05, 3.63) is 0 Å². The van der Waals surface area contributed by atoms with E-state index in [9.17, 15) is 14.4 Å². The van der Waals surface area contributed by atoms with Crippen molar-refractivity contribution in [2.45, 2.75) is 123 Å². The monoisotopic (exact) mass is 453 g/mol. The van der Waals surface area contributed by atoms with Crippen molar-refractivity contribution in [1.82, 2.24) is 15.5 Å². The maximum Gasteiger partial charge on any atom is 0.232 e. The largest absolute Gasteiger partial charge is 0.359 e. The van der Waals surface area contributed by atoms with E-state index in [1.54, 1.807) is 0 Å². The molecule has 0 bridgehead atoms. The Bertz CT molecular complexity index is 442. The van der Waals surface area contributed by atoms with Gasteiger partial charge in [0.15, 0.2) is 0 Å². The zero-order chi connectivity index (χ0) is 23.7. The summed E-state index contributed by atoms with van der Waals surface area (Å²) in [5, 5.41) is 5.54. The zero-order valence-electron chi connectivity index (χ0n) is 21.1. The third-order valence-electron chi connectivity index (χ3n) is 5.88. The Kier molecular flexibility index (Phi) is 22.9. The highest BCUT2D eigenvalue weighted by Gasteiger charge is 2.16. The molecule has 0 aliphatic heterocycles. The maximum absolute atomic E-state index is 12.8. The summed E-state index contributed by atoms with van der Waals surface area (Å²) in [6.07, 6.45) is 19.1. The summed E-state index contributed by atoms with van der Waals surface area (Å²) in [5.41, 5.74) is 0. The van der Waals surface area contributed by atoms with Gasteiger partial charge in [0.2, 0.25) is 18.2 Å². The van der Waals surface area contributed by atoms with Crippen LogP contribution < -0.4 is 10.6 Å². The van der Waals surface area contributed by atoms with Gasteiger partial charge in [-0.3, -0.25) is 14.4 Å². The number of rotatable bonds is 24. The molecule has 6 heteroatoms. The first-order valence-electron chi connectivity index (χ1n) is 13.4. The van der Waals surface area contributed by atoms with E-state index in [0.717, 1.165) is 70.9 Å². The molecule has 0 heterocycles. The minimum atomic E-state index is -0.159. The van der Waals surface area contributed by atoms with Crippen molar-refractivity contribution in [1.29, 1.82) is 0 Å². The zero-order valence-corrected chi connectivity index (χ0v) is 21.1. The van der Waals surface area contributed by atoms with Crippen LogP contribution in [-0.2, 0) is 14.4 Å². The predicted molar refractivity (Wildman–Crippen MR) is 133 cm³/mol. The van der Waals surface area contributed by atoms with Gasteiger partial charge in [0, 0.05) is 26.2 Å². The Morgan fingerprint density at radius 1 is 0.656 bits per heavy atom. The Balaban J connectivity index is 4.16. The van der Waals surface area contributed by atoms with E-state index < -0.39 is 0 Å². The quantitative estimate of drug-likeness (QED) is 0.117. The molecule has 0 aromatic carbocycles. The topological polar surface area (TPSA) is 78.5 Å². The Labute approximate surface area is 197 Å². The summed E-state index contributed by atoms with van der Waals surface area (Å²) >= 11 is 0. The lowest BCUT2D eigenvalue weighted by molar-refractivity contribution is -0.136. The van der Waals surface area contributed by atoms with Crippen molar-refractivity contribution < 1.29 is 14.4 Å². The molecule has 2 N–H and O–H groups in total. The Morgan fingerprint density at radius 2 is 1.12 bits per heavy atom. The molecule has 0 aromatic rings. The number of unbranched alkanes of at least 4 members (excludes halogenated alkanes) is 13. The van der Waals surface area contributed by atoms with Gasteiger partial charge in [0.25, 0.3) is 0 Å². The molecule has 0 spiro atoms. The molecular weight excluding hydrogens is 402 g/mol. The highest BCUT2D eigenvalue weighted by molar-refractivity contribution is 5.96. The molecule has 0 radical (unpaired) electrons. The predicted octanol–water partition coefficient (Wildman–Crippen LogP) is 5.35. The van der Waals surface area contributed by atoms with E-state index in [2.05, 4.69) is 24.5 Å². The summed E-state index contributed by atoms with van der Waals surface area (Å²) in [7, 11) is 0. The minimum absolute atomic E-state index is 0.0236. The van der Waals surface area contributed by atoms with Crippen LogP contribution in [0.2, 0.25) is 0 Å². The lowest BCUT2D eigenvalue weighted by atomic mass is 10.1. The fourth-order valence-electron chi connectivity index (χ4n) is 3.83. The van der Waals surface area contributed by atoms with Crippen LogP contribution in [0.25, 0.3) is 0 Å². The molecule has 0 aliphatic carbocycles. The molecule has 0 atom stereocenters. The highest BCUT2D eigenvalue weighted by atomic mass is 16.2. The van der Waals surface area contributed by atoms with Gasteiger partial charge >= 0.3 is 0 Å². The van der Waals surface area contributed by atoms with Gasteiger partial charge in [-0.05, 0) is 25.7 Å². The first-order chi connectivity index (χ1) is 15.7. The highest BCUT2D eigenvalue weighted by Crippen LogP contribution is 2.10. The number of carbonyl (C=O) groups excluding carboxylic acids is 3. The average Bonchev–Trinajstić information content (AvgIpc) is 2.78. The second-order valence-corrected chi connectivity index (χ2v) is 8.93. The van der Waals surface area contributed by atoms with Crippen LogP contribution in [0, 0.1) is 0 Å². The minimum Gasteiger partial charge on any atom is -0.359 e. The molecule has 32 heavy (non-hydrogen) atoms. The van der Waals surface area contributed by atoms with E-state index >= 15 is 0 Å². The van der Waals surface area contributed by atoms with Crippen molar-refractivity contribution >= 4 is 18.2 Å². The van der Waals surface area contributed by atoms with Gasteiger partial charge in [-0.25, -0.2) is 0 Å². The van der Waals surface area contributed by atoms with Crippen molar-refractivity contribution in [3.8, 4) is 0 Å². The molecule has 0 saturated heterocycles. The lowest BCUT2D eigenvalue weighted by Gasteiger charge is -2.23. The smallest absolute Gasteiger partial charge is 0.232 e. The second kappa shape index (κ2) is 24.1. The summed E-state index contributed by atoms with van der Waals surface area (Å²) < 4.78 is 0. The van der Waals surface area contributed by atoms with Gasteiger partial charge in [0.05, 0.1) is 0 Å². The summed E-state index contributed by atoms with van der Waals surface area (Å²) in [4.78, 5) is 37.1. The molecule has 6 nitrogen and oxygen atoms in total. The normalized spacial score (nSPS) is 10.7. The first kappa shape index (κ1) is 30.4. The molecular formula is C26H51N3O3. The second-order valence-electron chi connectivity index (χ2n) is 8.93. The summed E-state index contributed by atoms with van der Waals surface area (Å²) in [5.74, 6) is -0.182. The molecule has 0 aliphatic rings. The van der Waals surface area contributed by atoms with Crippen LogP contribution in [0.15, 0.2) is 0 Å². The standard InChI is InChI=1S/C26H51N3O3/c1-3-5-7-9-13-17-21-29(22-18-14-10-8-6-4-2)26(32)23-25(31)28-20-16-12-11-15-19-27-24-30/h24H,3-23H2,1-2H3,(H,27,30)(H,28,31). The van der Waals surface area contributed by atoms with Crippen molar-refractivity contribution in [2.75, 3.05) is 26.2 Å². The first-order valence-corrected chi connectivity index (χ1v) is 13.4. The van der Waals surface area contributed by atoms with E-state index in [1.807, 2.05) is 4.90 Å². The molecule has 0 fully saturated rings. The van der Waals surface area contributed by atoms with Crippen LogP contribution in [-0.4, -0.2) is 49.3 Å². The van der Waals surface area contributed by atoms with Crippen LogP contribution in [0.4, 0.5) is 0 Å².